The lowest BCUT2D eigenvalue weighted by molar-refractivity contribution is -0.119. The Morgan fingerprint density at radius 3 is 2.41 bits per heavy atom. The summed E-state index contributed by atoms with van der Waals surface area (Å²) < 4.78 is 14.0. The highest BCUT2D eigenvalue weighted by Gasteiger charge is 2.27. The standard InChI is InChI=1S/C26H46N4O4/c1-8-25(6,33-10-3)16-18-34-26(7,9-2)20-30-19-22(28-29-30)13-11-12-17-27-24(32)15-14-23(31)21(4)5/h14-15,19,21H,8-13,16-18,20H2,1-7H3,(H,27,32)/b15-14+. The van der Waals surface area contributed by atoms with E-state index in [1.807, 2.05) is 31.6 Å². The van der Waals surface area contributed by atoms with Crippen LogP contribution in [0, 0.1) is 5.92 Å². The number of nitrogens with zero attached hydrogens (tertiary/aromatic N) is 3. The number of carbonyl (C=O) groups excluding carboxylic acids is 2. The molecule has 0 aliphatic carbocycles. The van der Waals surface area contributed by atoms with E-state index in [-0.39, 0.29) is 28.8 Å². The third-order valence-corrected chi connectivity index (χ3v) is 6.28. The average molecular weight is 479 g/mol. The molecule has 1 amide bonds. The van der Waals surface area contributed by atoms with Crippen molar-refractivity contribution < 1.29 is 19.1 Å². The summed E-state index contributed by atoms with van der Waals surface area (Å²) in [6.07, 6.45) is 9.83. The molecule has 0 spiro atoms. The first-order valence-electron chi connectivity index (χ1n) is 12.7. The van der Waals surface area contributed by atoms with Gasteiger partial charge in [0, 0.05) is 31.3 Å². The summed E-state index contributed by atoms with van der Waals surface area (Å²) in [5.74, 6) is -0.386. The predicted molar refractivity (Wildman–Crippen MR) is 135 cm³/mol. The van der Waals surface area contributed by atoms with E-state index in [1.165, 1.54) is 12.2 Å². The molecule has 0 bridgehead atoms. The van der Waals surface area contributed by atoms with Crippen LogP contribution in [0.4, 0.5) is 0 Å². The molecule has 0 saturated carbocycles. The van der Waals surface area contributed by atoms with Gasteiger partial charge in [-0.15, -0.1) is 5.10 Å². The summed E-state index contributed by atoms with van der Waals surface area (Å²) in [6.45, 7) is 16.7. The SMILES string of the molecule is CCOC(C)(CC)CCOC(C)(CC)Cn1cc(CCCCNC(=O)/C=C/C(=O)C(C)C)nn1. The lowest BCUT2D eigenvalue weighted by Gasteiger charge is -2.32. The third-order valence-electron chi connectivity index (χ3n) is 6.28. The van der Waals surface area contributed by atoms with E-state index in [4.69, 9.17) is 9.47 Å². The monoisotopic (exact) mass is 478 g/mol. The minimum atomic E-state index is -0.319. The number of aromatic nitrogens is 3. The van der Waals surface area contributed by atoms with Crippen molar-refractivity contribution in [2.24, 2.45) is 5.92 Å². The number of hydrogen-bond acceptors (Lipinski definition) is 6. The smallest absolute Gasteiger partial charge is 0.244 e. The fraction of sp³-hybridized carbons (Fsp3) is 0.769. The van der Waals surface area contributed by atoms with Crippen molar-refractivity contribution in [1.29, 1.82) is 0 Å². The van der Waals surface area contributed by atoms with E-state index in [0.29, 0.717) is 26.3 Å². The van der Waals surface area contributed by atoms with Gasteiger partial charge in [0.25, 0.3) is 0 Å². The molecule has 1 aromatic heterocycles. The van der Waals surface area contributed by atoms with Crippen LogP contribution in [0.1, 0.15) is 86.3 Å². The minimum Gasteiger partial charge on any atom is -0.375 e. The zero-order valence-electron chi connectivity index (χ0n) is 22.4. The van der Waals surface area contributed by atoms with Gasteiger partial charge in [-0.25, -0.2) is 4.68 Å². The number of ketones is 1. The number of amides is 1. The minimum absolute atomic E-state index is 0.0484. The zero-order valence-corrected chi connectivity index (χ0v) is 22.4. The van der Waals surface area contributed by atoms with Crippen LogP contribution in [0.15, 0.2) is 18.3 Å². The molecule has 34 heavy (non-hydrogen) atoms. The molecule has 1 heterocycles. The molecule has 0 aliphatic heterocycles. The van der Waals surface area contributed by atoms with Gasteiger partial charge in [0.2, 0.25) is 5.91 Å². The first kappa shape index (κ1) is 30.0. The Bertz CT molecular complexity index is 777. The molecule has 0 aromatic carbocycles. The Balaban J connectivity index is 2.39. The Hall–Kier alpha value is -2.06. The molecule has 2 atom stereocenters. The number of aryl methyl sites for hydroxylation is 1. The molecular formula is C26H46N4O4. The van der Waals surface area contributed by atoms with Crippen molar-refractivity contribution in [3.05, 3.63) is 24.0 Å². The van der Waals surface area contributed by atoms with Crippen LogP contribution in [0.2, 0.25) is 0 Å². The number of unbranched alkanes of at least 4 members (excludes halogenated alkanes) is 1. The Morgan fingerprint density at radius 1 is 1.09 bits per heavy atom. The summed E-state index contributed by atoms with van der Waals surface area (Å²) in [7, 11) is 0. The van der Waals surface area contributed by atoms with Gasteiger partial charge in [-0.3, -0.25) is 9.59 Å². The molecule has 0 saturated heterocycles. The number of allylic oxidation sites excluding steroid dienone is 1. The molecular weight excluding hydrogens is 432 g/mol. The van der Waals surface area contributed by atoms with Crippen molar-refractivity contribution in [3.8, 4) is 0 Å². The Morgan fingerprint density at radius 2 is 1.79 bits per heavy atom. The average Bonchev–Trinajstić information content (AvgIpc) is 3.23. The number of hydrogen-bond donors (Lipinski definition) is 1. The van der Waals surface area contributed by atoms with E-state index in [1.54, 1.807) is 0 Å². The van der Waals surface area contributed by atoms with E-state index in [0.717, 1.165) is 44.2 Å². The topological polar surface area (TPSA) is 95.3 Å². The highest BCUT2D eigenvalue weighted by Crippen LogP contribution is 2.23. The molecule has 2 unspecified atom stereocenters. The molecule has 8 nitrogen and oxygen atoms in total. The van der Waals surface area contributed by atoms with E-state index >= 15 is 0 Å². The van der Waals surface area contributed by atoms with Crippen molar-refractivity contribution in [2.75, 3.05) is 19.8 Å². The second kappa shape index (κ2) is 15.0. The van der Waals surface area contributed by atoms with Crippen LogP contribution in [-0.2, 0) is 32.0 Å². The van der Waals surface area contributed by atoms with Crippen molar-refractivity contribution in [3.63, 3.8) is 0 Å². The zero-order chi connectivity index (χ0) is 25.6. The van der Waals surface area contributed by atoms with Crippen LogP contribution in [0.5, 0.6) is 0 Å². The van der Waals surface area contributed by atoms with Crippen LogP contribution in [0.25, 0.3) is 0 Å². The number of rotatable bonds is 18. The van der Waals surface area contributed by atoms with E-state index in [2.05, 4.69) is 43.3 Å². The van der Waals surface area contributed by atoms with Gasteiger partial charge >= 0.3 is 0 Å². The normalized spacial score (nSPS) is 15.4. The van der Waals surface area contributed by atoms with E-state index in [9.17, 15) is 9.59 Å². The second-order valence-corrected chi connectivity index (χ2v) is 9.68. The Kier molecular flexibility index (Phi) is 13.3. The van der Waals surface area contributed by atoms with Gasteiger partial charge in [-0.05, 0) is 65.4 Å². The van der Waals surface area contributed by atoms with Gasteiger partial charge in [0.1, 0.15) is 0 Å². The largest absolute Gasteiger partial charge is 0.375 e. The van der Waals surface area contributed by atoms with Crippen molar-refractivity contribution in [2.45, 2.75) is 105 Å². The van der Waals surface area contributed by atoms with Crippen LogP contribution in [0.3, 0.4) is 0 Å². The van der Waals surface area contributed by atoms with Gasteiger partial charge in [-0.1, -0.05) is 32.9 Å². The first-order chi connectivity index (χ1) is 16.1. The van der Waals surface area contributed by atoms with Gasteiger partial charge < -0.3 is 14.8 Å². The van der Waals surface area contributed by atoms with Crippen LogP contribution >= 0.6 is 0 Å². The third kappa shape index (κ3) is 11.4. The highest BCUT2D eigenvalue weighted by molar-refractivity contribution is 5.98. The fourth-order valence-corrected chi connectivity index (χ4v) is 3.40. The lowest BCUT2D eigenvalue weighted by atomic mass is 9.98. The number of ether oxygens (including phenoxy) is 2. The first-order valence-corrected chi connectivity index (χ1v) is 12.7. The molecule has 1 aromatic rings. The maximum Gasteiger partial charge on any atom is 0.244 e. The summed E-state index contributed by atoms with van der Waals surface area (Å²) in [5.41, 5.74) is 0.466. The molecule has 0 aliphatic rings. The quantitative estimate of drug-likeness (QED) is 0.250. The molecule has 0 fully saturated rings. The van der Waals surface area contributed by atoms with Gasteiger partial charge in [0.15, 0.2) is 5.78 Å². The summed E-state index contributed by atoms with van der Waals surface area (Å²) in [5, 5.41) is 11.4. The fourth-order valence-electron chi connectivity index (χ4n) is 3.40. The Labute approximate surface area is 205 Å². The summed E-state index contributed by atoms with van der Waals surface area (Å²) >= 11 is 0. The molecule has 8 heteroatoms. The molecule has 0 radical (unpaired) electrons. The van der Waals surface area contributed by atoms with Crippen LogP contribution in [-0.4, -0.2) is 57.6 Å². The molecule has 194 valence electrons. The summed E-state index contributed by atoms with van der Waals surface area (Å²) in [6, 6.07) is 0. The number of nitrogens with one attached hydrogen (secondary N) is 1. The lowest BCUT2D eigenvalue weighted by Crippen LogP contribution is -2.37. The maximum atomic E-state index is 11.8. The highest BCUT2D eigenvalue weighted by atomic mass is 16.5. The maximum absolute atomic E-state index is 11.8. The number of carbonyl (C=O) groups is 2. The van der Waals surface area contributed by atoms with Gasteiger partial charge in [0.05, 0.1) is 30.0 Å². The van der Waals surface area contributed by atoms with Crippen molar-refractivity contribution >= 4 is 11.7 Å². The molecule has 1 N–H and O–H groups in total. The summed E-state index contributed by atoms with van der Waals surface area (Å²) in [4.78, 5) is 23.3. The van der Waals surface area contributed by atoms with Crippen molar-refractivity contribution in [1.82, 2.24) is 20.3 Å². The van der Waals surface area contributed by atoms with Gasteiger partial charge in [-0.2, -0.15) is 0 Å². The second-order valence-electron chi connectivity index (χ2n) is 9.68. The predicted octanol–water partition coefficient (Wildman–Crippen LogP) is 4.28. The van der Waals surface area contributed by atoms with E-state index < -0.39 is 0 Å². The molecule has 1 rings (SSSR count). The van der Waals surface area contributed by atoms with Crippen LogP contribution < -0.4 is 5.32 Å².